The number of aromatic nitrogens is 1. The fraction of sp³-hybridized carbons (Fsp3) is 0.500. The van der Waals surface area contributed by atoms with Gasteiger partial charge >= 0.3 is 5.97 Å². The number of nitrogens with one attached hydrogen (secondary N) is 1. The van der Waals surface area contributed by atoms with Crippen LogP contribution < -0.4 is 20.4 Å². The molecule has 3 heterocycles. The number of benzene rings is 1. The Hall–Kier alpha value is -2.65. The Morgan fingerprint density at radius 2 is 2.17 bits per heavy atom. The number of hydrogen-bond acceptors (Lipinski definition) is 6. The third-order valence-corrected chi connectivity index (χ3v) is 6.00. The summed E-state index contributed by atoms with van der Waals surface area (Å²) in [4.78, 5) is 26.2. The maximum atomic E-state index is 15.3. The van der Waals surface area contributed by atoms with E-state index in [4.69, 9.17) is 9.47 Å². The molecule has 0 bridgehead atoms. The smallest absolute Gasteiger partial charge is 0.341 e. The SMILES string of the molecule is COc1c(N2C[C@@H]3OCCN[C@@H]3C2)c(F)cc2c(=O)c(C(=O)O)cn(C3CC3)c12. The Morgan fingerprint density at radius 3 is 2.83 bits per heavy atom. The number of carboxylic acids is 1. The average Bonchev–Trinajstić information content (AvgIpc) is 3.45. The molecule has 29 heavy (non-hydrogen) atoms. The molecule has 1 aromatic carbocycles. The standard InChI is InChI=1S/C20H22FN3O5/c1-28-19-16-11(18(25)12(20(26)27)7-24(16)10-2-3-10)6-13(21)17(19)23-8-14-15(9-23)29-5-4-22-14/h6-7,10,14-15,22H,2-5,8-9H2,1H3,(H,26,27)/t14-,15+/m1/s1. The van der Waals surface area contributed by atoms with E-state index < -0.39 is 17.2 Å². The molecule has 2 saturated heterocycles. The van der Waals surface area contributed by atoms with Gasteiger partial charge in [-0.05, 0) is 18.9 Å². The van der Waals surface area contributed by atoms with Gasteiger partial charge in [-0.3, -0.25) is 4.79 Å². The number of ether oxygens (including phenoxy) is 2. The van der Waals surface area contributed by atoms with Crippen LogP contribution in [-0.4, -0.2) is 61.1 Å². The maximum absolute atomic E-state index is 15.3. The molecule has 1 aromatic heterocycles. The summed E-state index contributed by atoms with van der Waals surface area (Å²) in [7, 11) is 1.45. The second-order valence-corrected chi connectivity index (χ2v) is 7.83. The molecule has 154 valence electrons. The molecule has 2 atom stereocenters. The molecule has 2 aromatic rings. The minimum absolute atomic E-state index is 0.0286. The molecule has 3 fully saturated rings. The number of pyridine rings is 1. The van der Waals surface area contributed by atoms with Crippen molar-refractivity contribution in [3.63, 3.8) is 0 Å². The maximum Gasteiger partial charge on any atom is 0.341 e. The molecular formula is C20H22FN3O5. The van der Waals surface area contributed by atoms with Crippen molar-refractivity contribution in [3.8, 4) is 5.75 Å². The van der Waals surface area contributed by atoms with E-state index in [0.29, 0.717) is 25.2 Å². The zero-order chi connectivity index (χ0) is 20.3. The van der Waals surface area contributed by atoms with Gasteiger partial charge in [0.25, 0.3) is 0 Å². The van der Waals surface area contributed by atoms with Crippen molar-refractivity contribution >= 4 is 22.6 Å². The van der Waals surface area contributed by atoms with Crippen LogP contribution in [0.15, 0.2) is 17.1 Å². The van der Waals surface area contributed by atoms with Gasteiger partial charge in [-0.25, -0.2) is 9.18 Å². The lowest BCUT2D eigenvalue weighted by Crippen LogP contribution is -2.47. The normalized spacial score (nSPS) is 24.0. The number of anilines is 1. The van der Waals surface area contributed by atoms with Gasteiger partial charge in [-0.15, -0.1) is 0 Å². The van der Waals surface area contributed by atoms with Crippen molar-refractivity contribution < 1.29 is 23.8 Å². The van der Waals surface area contributed by atoms with Crippen LogP contribution in [0.1, 0.15) is 29.2 Å². The first-order chi connectivity index (χ1) is 14.0. The lowest BCUT2D eigenvalue weighted by atomic mass is 10.1. The lowest BCUT2D eigenvalue weighted by Gasteiger charge is -2.25. The third-order valence-electron chi connectivity index (χ3n) is 6.00. The molecule has 2 aliphatic heterocycles. The minimum atomic E-state index is -1.32. The number of fused-ring (bicyclic) bond motifs is 2. The van der Waals surface area contributed by atoms with Crippen molar-refractivity contribution in [2.75, 3.05) is 38.3 Å². The van der Waals surface area contributed by atoms with Crippen molar-refractivity contribution in [1.82, 2.24) is 9.88 Å². The highest BCUT2D eigenvalue weighted by atomic mass is 19.1. The van der Waals surface area contributed by atoms with Crippen LogP contribution in [0.25, 0.3) is 10.9 Å². The molecule has 2 N–H and O–H groups in total. The van der Waals surface area contributed by atoms with Crippen LogP contribution in [0, 0.1) is 5.82 Å². The van der Waals surface area contributed by atoms with Gasteiger partial charge in [0, 0.05) is 31.9 Å². The highest BCUT2D eigenvalue weighted by Crippen LogP contribution is 2.44. The lowest BCUT2D eigenvalue weighted by molar-refractivity contribution is 0.0212. The van der Waals surface area contributed by atoms with Gasteiger partial charge in [0.1, 0.15) is 11.3 Å². The molecule has 0 amide bonds. The van der Waals surface area contributed by atoms with E-state index in [9.17, 15) is 14.7 Å². The van der Waals surface area contributed by atoms with Crippen molar-refractivity contribution in [2.24, 2.45) is 0 Å². The highest BCUT2D eigenvalue weighted by molar-refractivity contribution is 5.97. The zero-order valence-electron chi connectivity index (χ0n) is 16.0. The molecule has 3 aliphatic rings. The first-order valence-corrected chi connectivity index (χ1v) is 9.78. The second kappa shape index (κ2) is 6.70. The molecule has 9 heteroatoms. The summed E-state index contributed by atoms with van der Waals surface area (Å²) < 4.78 is 28.5. The molecular weight excluding hydrogens is 381 g/mol. The number of hydrogen-bond donors (Lipinski definition) is 2. The van der Waals surface area contributed by atoms with Crippen LogP contribution in [0.2, 0.25) is 0 Å². The fourth-order valence-corrected chi connectivity index (χ4v) is 4.50. The summed E-state index contributed by atoms with van der Waals surface area (Å²) in [5, 5.41) is 12.8. The summed E-state index contributed by atoms with van der Waals surface area (Å²) in [5.74, 6) is -1.66. The number of morpholine rings is 1. The molecule has 1 aliphatic carbocycles. The molecule has 5 rings (SSSR count). The first kappa shape index (κ1) is 18.4. The van der Waals surface area contributed by atoms with E-state index >= 15 is 4.39 Å². The first-order valence-electron chi connectivity index (χ1n) is 9.78. The Balaban J connectivity index is 1.73. The third kappa shape index (κ3) is 2.87. The molecule has 1 saturated carbocycles. The van der Waals surface area contributed by atoms with Gasteiger partial charge in [0.2, 0.25) is 5.43 Å². The summed E-state index contributed by atoms with van der Waals surface area (Å²) in [6.07, 6.45) is 3.07. The number of rotatable bonds is 4. The summed E-state index contributed by atoms with van der Waals surface area (Å²) in [6, 6.07) is 1.33. The topological polar surface area (TPSA) is 93.0 Å². The van der Waals surface area contributed by atoms with E-state index in [0.717, 1.165) is 25.5 Å². The second-order valence-electron chi connectivity index (χ2n) is 7.83. The molecule has 0 unspecified atom stereocenters. The van der Waals surface area contributed by atoms with E-state index in [1.807, 2.05) is 4.90 Å². The van der Waals surface area contributed by atoms with Gasteiger partial charge < -0.3 is 29.4 Å². The zero-order valence-corrected chi connectivity index (χ0v) is 16.0. The molecule has 0 radical (unpaired) electrons. The summed E-state index contributed by atoms with van der Waals surface area (Å²) in [5.41, 5.74) is -0.321. The largest absolute Gasteiger partial charge is 0.492 e. The minimum Gasteiger partial charge on any atom is -0.492 e. The Kier molecular flexibility index (Phi) is 4.25. The van der Waals surface area contributed by atoms with Gasteiger partial charge in [0.15, 0.2) is 11.6 Å². The van der Waals surface area contributed by atoms with E-state index in [1.54, 1.807) is 4.57 Å². The highest BCUT2D eigenvalue weighted by Gasteiger charge is 2.39. The summed E-state index contributed by atoms with van der Waals surface area (Å²) >= 11 is 0. The van der Waals surface area contributed by atoms with Crippen molar-refractivity contribution in [2.45, 2.75) is 31.0 Å². The van der Waals surface area contributed by atoms with E-state index in [-0.39, 0.29) is 40.6 Å². The number of carboxylic acid groups (broad SMARTS) is 1. The van der Waals surface area contributed by atoms with Crippen LogP contribution in [0.5, 0.6) is 5.75 Å². The van der Waals surface area contributed by atoms with E-state index in [2.05, 4.69) is 5.32 Å². The summed E-state index contributed by atoms with van der Waals surface area (Å²) in [6.45, 7) is 2.44. The van der Waals surface area contributed by atoms with Crippen LogP contribution in [0.3, 0.4) is 0 Å². The number of nitrogens with zero attached hydrogens (tertiary/aromatic N) is 2. The van der Waals surface area contributed by atoms with E-state index in [1.165, 1.54) is 13.3 Å². The molecule has 0 spiro atoms. The van der Waals surface area contributed by atoms with Crippen LogP contribution in [-0.2, 0) is 4.74 Å². The quantitative estimate of drug-likeness (QED) is 0.796. The predicted octanol–water partition coefficient (Wildman–Crippen LogP) is 1.36. The Bertz CT molecular complexity index is 1050. The number of aromatic carboxylic acids is 1. The Morgan fingerprint density at radius 1 is 1.38 bits per heavy atom. The van der Waals surface area contributed by atoms with Crippen molar-refractivity contribution in [3.05, 3.63) is 33.9 Å². The van der Waals surface area contributed by atoms with Crippen molar-refractivity contribution in [1.29, 1.82) is 0 Å². The number of halogens is 1. The van der Waals surface area contributed by atoms with Gasteiger partial charge in [0.05, 0.1) is 36.8 Å². The van der Waals surface area contributed by atoms with Gasteiger partial charge in [-0.1, -0.05) is 0 Å². The molecule has 8 nitrogen and oxygen atoms in total. The predicted molar refractivity (Wildman–Crippen MR) is 104 cm³/mol. The van der Waals surface area contributed by atoms with Crippen LogP contribution >= 0.6 is 0 Å². The fourth-order valence-electron chi connectivity index (χ4n) is 4.50. The van der Waals surface area contributed by atoms with Crippen LogP contribution in [0.4, 0.5) is 10.1 Å². The Labute approximate surface area is 165 Å². The number of carbonyl (C=O) groups is 1. The number of methoxy groups -OCH3 is 1. The average molecular weight is 403 g/mol. The van der Waals surface area contributed by atoms with Gasteiger partial charge in [-0.2, -0.15) is 0 Å². The monoisotopic (exact) mass is 403 g/mol.